The Hall–Kier alpha value is -1.33. The van der Waals surface area contributed by atoms with E-state index in [1.165, 1.54) is 0 Å². The molecule has 14 heavy (non-hydrogen) atoms. The standard InChI is InChI=1S/C9H14N2O3/c12-6-4-11(5-7-13)8-2-1-3-10-9(8)14/h1-3,12-13H,4-7H2,(H,10,14). The van der Waals surface area contributed by atoms with Gasteiger partial charge in [0.15, 0.2) is 0 Å². The number of rotatable bonds is 5. The summed E-state index contributed by atoms with van der Waals surface area (Å²) in [5.74, 6) is 0. The van der Waals surface area contributed by atoms with Crippen molar-refractivity contribution >= 4 is 5.69 Å². The summed E-state index contributed by atoms with van der Waals surface area (Å²) in [6.07, 6.45) is 1.54. The Labute approximate surface area is 81.6 Å². The third-order valence-electron chi connectivity index (χ3n) is 1.88. The zero-order valence-corrected chi connectivity index (χ0v) is 7.81. The molecule has 1 rings (SSSR count). The van der Waals surface area contributed by atoms with Gasteiger partial charge in [0.25, 0.3) is 5.56 Å². The van der Waals surface area contributed by atoms with E-state index in [1.54, 1.807) is 23.2 Å². The number of anilines is 1. The topological polar surface area (TPSA) is 76.6 Å². The van der Waals surface area contributed by atoms with Gasteiger partial charge in [-0.3, -0.25) is 4.79 Å². The van der Waals surface area contributed by atoms with E-state index in [9.17, 15) is 4.79 Å². The summed E-state index contributed by atoms with van der Waals surface area (Å²) in [7, 11) is 0. The zero-order chi connectivity index (χ0) is 10.4. The lowest BCUT2D eigenvalue weighted by Crippen LogP contribution is -2.33. The lowest BCUT2D eigenvalue weighted by Gasteiger charge is -2.21. The van der Waals surface area contributed by atoms with Gasteiger partial charge in [0, 0.05) is 19.3 Å². The van der Waals surface area contributed by atoms with E-state index in [1.807, 2.05) is 0 Å². The Balaban J connectivity index is 2.87. The van der Waals surface area contributed by atoms with Crippen molar-refractivity contribution in [2.75, 3.05) is 31.2 Å². The number of pyridine rings is 1. The minimum atomic E-state index is -0.214. The second kappa shape index (κ2) is 5.41. The third-order valence-corrected chi connectivity index (χ3v) is 1.88. The van der Waals surface area contributed by atoms with Crippen molar-refractivity contribution in [1.82, 2.24) is 4.98 Å². The molecule has 0 amide bonds. The van der Waals surface area contributed by atoms with Gasteiger partial charge in [0.05, 0.1) is 13.2 Å². The highest BCUT2D eigenvalue weighted by Crippen LogP contribution is 2.04. The molecule has 0 aromatic carbocycles. The van der Waals surface area contributed by atoms with Crippen molar-refractivity contribution in [3.63, 3.8) is 0 Å². The molecule has 1 aromatic heterocycles. The first-order chi connectivity index (χ1) is 6.79. The highest BCUT2D eigenvalue weighted by molar-refractivity contribution is 5.43. The number of aliphatic hydroxyl groups excluding tert-OH is 2. The summed E-state index contributed by atoms with van der Waals surface area (Å²) in [5.41, 5.74) is 0.255. The maximum Gasteiger partial charge on any atom is 0.271 e. The van der Waals surface area contributed by atoms with Crippen LogP contribution in [0.15, 0.2) is 23.1 Å². The molecule has 0 saturated heterocycles. The fraction of sp³-hybridized carbons (Fsp3) is 0.444. The van der Waals surface area contributed by atoms with E-state index in [-0.39, 0.29) is 18.8 Å². The highest BCUT2D eigenvalue weighted by atomic mass is 16.3. The largest absolute Gasteiger partial charge is 0.395 e. The molecule has 0 saturated carbocycles. The average molecular weight is 198 g/mol. The number of hydrogen-bond acceptors (Lipinski definition) is 4. The Kier molecular flexibility index (Phi) is 4.15. The van der Waals surface area contributed by atoms with Crippen LogP contribution in [0.25, 0.3) is 0 Å². The van der Waals surface area contributed by atoms with Crippen molar-refractivity contribution in [3.8, 4) is 0 Å². The Morgan fingerprint density at radius 3 is 2.43 bits per heavy atom. The van der Waals surface area contributed by atoms with Crippen LogP contribution in [0.5, 0.6) is 0 Å². The van der Waals surface area contributed by atoms with Crippen LogP contribution in [0, 0.1) is 0 Å². The third kappa shape index (κ3) is 2.58. The number of nitrogens with zero attached hydrogens (tertiary/aromatic N) is 1. The first kappa shape index (κ1) is 10.7. The lowest BCUT2D eigenvalue weighted by atomic mass is 10.3. The lowest BCUT2D eigenvalue weighted by molar-refractivity contribution is 0.281. The Morgan fingerprint density at radius 1 is 1.29 bits per heavy atom. The van der Waals surface area contributed by atoms with Crippen LogP contribution in [0.4, 0.5) is 5.69 Å². The Morgan fingerprint density at radius 2 is 1.93 bits per heavy atom. The van der Waals surface area contributed by atoms with Crippen molar-refractivity contribution in [1.29, 1.82) is 0 Å². The quantitative estimate of drug-likeness (QED) is 0.577. The number of nitrogens with one attached hydrogen (secondary N) is 1. The number of H-pyrrole nitrogens is 1. The molecule has 0 spiro atoms. The van der Waals surface area contributed by atoms with Crippen LogP contribution in [-0.2, 0) is 0 Å². The smallest absolute Gasteiger partial charge is 0.271 e. The van der Waals surface area contributed by atoms with Gasteiger partial charge < -0.3 is 20.1 Å². The maximum absolute atomic E-state index is 11.3. The molecule has 0 unspecified atom stereocenters. The fourth-order valence-corrected chi connectivity index (χ4v) is 1.26. The molecule has 3 N–H and O–H groups in total. The van der Waals surface area contributed by atoms with E-state index in [0.717, 1.165) is 0 Å². The fourth-order valence-electron chi connectivity index (χ4n) is 1.26. The number of aliphatic hydroxyl groups is 2. The average Bonchev–Trinajstić information content (AvgIpc) is 2.18. The molecule has 0 aliphatic heterocycles. The molecule has 0 aliphatic rings. The van der Waals surface area contributed by atoms with Gasteiger partial charge in [-0.15, -0.1) is 0 Å². The van der Waals surface area contributed by atoms with Crippen LogP contribution >= 0.6 is 0 Å². The van der Waals surface area contributed by atoms with Gasteiger partial charge in [-0.25, -0.2) is 0 Å². The van der Waals surface area contributed by atoms with Gasteiger partial charge in [0.2, 0.25) is 0 Å². The van der Waals surface area contributed by atoms with Gasteiger partial charge >= 0.3 is 0 Å². The van der Waals surface area contributed by atoms with Crippen molar-refractivity contribution in [2.24, 2.45) is 0 Å². The van der Waals surface area contributed by atoms with E-state index in [4.69, 9.17) is 10.2 Å². The molecule has 5 heteroatoms. The molecule has 0 atom stereocenters. The summed E-state index contributed by atoms with van der Waals surface area (Å²) >= 11 is 0. The Bertz CT molecular complexity index is 318. The van der Waals surface area contributed by atoms with E-state index in [2.05, 4.69) is 4.98 Å². The molecular weight excluding hydrogens is 184 g/mol. The minimum absolute atomic E-state index is 0.0473. The maximum atomic E-state index is 11.3. The van der Waals surface area contributed by atoms with Crippen molar-refractivity contribution < 1.29 is 10.2 Å². The normalized spacial score (nSPS) is 10.1. The molecule has 0 bridgehead atoms. The van der Waals surface area contributed by atoms with Gasteiger partial charge in [-0.05, 0) is 12.1 Å². The molecule has 0 fully saturated rings. The van der Waals surface area contributed by atoms with E-state index < -0.39 is 0 Å². The summed E-state index contributed by atoms with van der Waals surface area (Å²) in [4.78, 5) is 15.5. The molecule has 1 aromatic rings. The second-order valence-electron chi connectivity index (χ2n) is 2.82. The van der Waals surface area contributed by atoms with E-state index in [0.29, 0.717) is 18.8 Å². The second-order valence-corrected chi connectivity index (χ2v) is 2.82. The number of hydrogen-bond donors (Lipinski definition) is 3. The molecule has 0 aliphatic carbocycles. The van der Waals surface area contributed by atoms with Crippen molar-refractivity contribution in [3.05, 3.63) is 28.7 Å². The molecule has 78 valence electrons. The van der Waals surface area contributed by atoms with Gasteiger partial charge in [-0.2, -0.15) is 0 Å². The van der Waals surface area contributed by atoms with Crippen LogP contribution in [0.2, 0.25) is 0 Å². The van der Waals surface area contributed by atoms with Crippen molar-refractivity contribution in [2.45, 2.75) is 0 Å². The SMILES string of the molecule is O=c1[nH]cccc1N(CCO)CCO. The first-order valence-electron chi connectivity index (χ1n) is 4.44. The number of aromatic amines is 1. The summed E-state index contributed by atoms with van der Waals surface area (Å²) < 4.78 is 0. The number of aromatic nitrogens is 1. The van der Waals surface area contributed by atoms with Crippen LogP contribution in [0.1, 0.15) is 0 Å². The van der Waals surface area contributed by atoms with Crippen LogP contribution in [-0.4, -0.2) is 41.5 Å². The minimum Gasteiger partial charge on any atom is -0.395 e. The van der Waals surface area contributed by atoms with Gasteiger partial charge in [-0.1, -0.05) is 0 Å². The zero-order valence-electron chi connectivity index (χ0n) is 7.81. The molecule has 1 heterocycles. The monoisotopic (exact) mass is 198 g/mol. The predicted molar refractivity (Wildman–Crippen MR) is 53.4 cm³/mol. The summed E-state index contributed by atoms with van der Waals surface area (Å²) in [5, 5.41) is 17.6. The molecule has 5 nitrogen and oxygen atoms in total. The predicted octanol–water partition coefficient (Wildman–Crippen LogP) is -0.834. The summed E-state index contributed by atoms with van der Waals surface area (Å²) in [6, 6.07) is 3.36. The van der Waals surface area contributed by atoms with Gasteiger partial charge in [0.1, 0.15) is 5.69 Å². The first-order valence-corrected chi connectivity index (χ1v) is 4.44. The van der Waals surface area contributed by atoms with E-state index >= 15 is 0 Å². The van der Waals surface area contributed by atoms with Crippen LogP contribution in [0.3, 0.4) is 0 Å². The highest BCUT2D eigenvalue weighted by Gasteiger charge is 2.07. The molecular formula is C9H14N2O3. The summed E-state index contributed by atoms with van der Waals surface area (Å²) in [6.45, 7) is 0.587. The van der Waals surface area contributed by atoms with Crippen LogP contribution < -0.4 is 10.5 Å². The molecule has 0 radical (unpaired) electrons.